The second-order valence-corrected chi connectivity index (χ2v) is 5.87. The van der Waals surface area contributed by atoms with Crippen LogP contribution < -0.4 is 19.5 Å². The Hall–Kier alpha value is -2.93. The molecule has 2 aromatic carbocycles. The predicted octanol–water partition coefficient (Wildman–Crippen LogP) is 3.55. The van der Waals surface area contributed by atoms with E-state index in [1.807, 2.05) is 0 Å². The Labute approximate surface area is 162 Å². The molecule has 27 heavy (non-hydrogen) atoms. The maximum Gasteiger partial charge on any atom is 0.342 e. The van der Waals surface area contributed by atoms with E-state index in [1.54, 1.807) is 30.3 Å². The van der Waals surface area contributed by atoms with Crippen molar-refractivity contribution >= 4 is 29.2 Å². The van der Waals surface area contributed by atoms with Crippen LogP contribution in [0.4, 0.5) is 5.69 Å². The smallest absolute Gasteiger partial charge is 0.342 e. The zero-order valence-electron chi connectivity index (χ0n) is 15.4. The van der Waals surface area contributed by atoms with Crippen LogP contribution in [0.5, 0.6) is 17.2 Å². The molecule has 0 aliphatic carbocycles. The standard InChI is InChI=1S/C19H20ClNO6/c1-11(18(22)21-13-7-5-6-12(20)10-13)27-19(23)14-8-9-15(24-2)17(26-4)16(14)25-3/h5-11H,1-4H3,(H,21,22)/t11-/m0/s1. The van der Waals surface area contributed by atoms with Gasteiger partial charge in [-0.25, -0.2) is 4.79 Å². The van der Waals surface area contributed by atoms with Gasteiger partial charge in [-0.3, -0.25) is 4.79 Å². The van der Waals surface area contributed by atoms with Crippen molar-refractivity contribution < 1.29 is 28.5 Å². The van der Waals surface area contributed by atoms with Gasteiger partial charge in [-0.2, -0.15) is 0 Å². The van der Waals surface area contributed by atoms with Gasteiger partial charge in [-0.1, -0.05) is 17.7 Å². The van der Waals surface area contributed by atoms with Gasteiger partial charge in [-0.05, 0) is 37.3 Å². The molecule has 0 bridgehead atoms. The highest BCUT2D eigenvalue weighted by Crippen LogP contribution is 2.40. The van der Waals surface area contributed by atoms with Gasteiger partial charge in [0.2, 0.25) is 5.75 Å². The number of nitrogens with one attached hydrogen (secondary N) is 1. The molecule has 7 nitrogen and oxygen atoms in total. The highest BCUT2D eigenvalue weighted by atomic mass is 35.5. The topological polar surface area (TPSA) is 83.1 Å². The Balaban J connectivity index is 2.15. The predicted molar refractivity (Wildman–Crippen MR) is 101 cm³/mol. The Morgan fingerprint density at radius 1 is 1.00 bits per heavy atom. The molecule has 0 saturated heterocycles. The first kappa shape index (κ1) is 20.4. The quantitative estimate of drug-likeness (QED) is 0.724. The van der Waals surface area contributed by atoms with Crippen LogP contribution in [0.15, 0.2) is 36.4 Å². The third-order valence-electron chi connectivity index (χ3n) is 3.67. The number of methoxy groups -OCH3 is 3. The minimum Gasteiger partial charge on any atom is -0.493 e. The lowest BCUT2D eigenvalue weighted by Gasteiger charge is -2.17. The molecule has 0 fully saturated rings. The number of carbonyl (C=O) groups excluding carboxylic acids is 2. The van der Waals surface area contributed by atoms with E-state index in [4.69, 9.17) is 30.5 Å². The molecule has 0 aromatic heterocycles. The summed E-state index contributed by atoms with van der Waals surface area (Å²) in [5, 5.41) is 3.11. The summed E-state index contributed by atoms with van der Waals surface area (Å²) in [5.74, 6) is -0.418. The van der Waals surface area contributed by atoms with Crippen LogP contribution in [-0.4, -0.2) is 39.3 Å². The van der Waals surface area contributed by atoms with E-state index in [1.165, 1.54) is 34.3 Å². The molecule has 0 heterocycles. The van der Waals surface area contributed by atoms with Crippen molar-refractivity contribution in [1.82, 2.24) is 0 Å². The molecule has 0 spiro atoms. The number of carbonyl (C=O) groups is 2. The summed E-state index contributed by atoms with van der Waals surface area (Å²) in [6.07, 6.45) is -1.05. The minimum absolute atomic E-state index is 0.109. The first-order chi connectivity index (χ1) is 12.9. The van der Waals surface area contributed by atoms with Gasteiger partial charge in [0.15, 0.2) is 17.6 Å². The average molecular weight is 394 g/mol. The maximum atomic E-state index is 12.5. The van der Waals surface area contributed by atoms with Gasteiger partial charge in [-0.15, -0.1) is 0 Å². The van der Waals surface area contributed by atoms with E-state index in [-0.39, 0.29) is 17.1 Å². The molecule has 0 unspecified atom stereocenters. The summed E-state index contributed by atoms with van der Waals surface area (Å²) in [6, 6.07) is 9.67. The zero-order chi connectivity index (χ0) is 20.0. The lowest BCUT2D eigenvalue weighted by Crippen LogP contribution is -2.30. The monoisotopic (exact) mass is 393 g/mol. The molecule has 0 aliphatic heterocycles. The highest BCUT2D eigenvalue weighted by Gasteiger charge is 2.25. The lowest BCUT2D eigenvalue weighted by atomic mass is 10.1. The summed E-state index contributed by atoms with van der Waals surface area (Å²) < 4.78 is 20.9. The van der Waals surface area contributed by atoms with E-state index in [0.29, 0.717) is 16.5 Å². The number of halogens is 1. The Morgan fingerprint density at radius 3 is 2.30 bits per heavy atom. The van der Waals surface area contributed by atoms with Crippen molar-refractivity contribution in [2.24, 2.45) is 0 Å². The number of anilines is 1. The summed E-state index contributed by atoms with van der Waals surface area (Å²) >= 11 is 5.89. The minimum atomic E-state index is -1.05. The molecule has 2 rings (SSSR count). The normalized spacial score (nSPS) is 11.3. The Morgan fingerprint density at radius 2 is 1.70 bits per heavy atom. The summed E-state index contributed by atoms with van der Waals surface area (Å²) in [6.45, 7) is 1.46. The molecule has 0 radical (unpaired) electrons. The fraction of sp³-hybridized carbons (Fsp3) is 0.263. The second-order valence-electron chi connectivity index (χ2n) is 5.43. The van der Waals surface area contributed by atoms with Crippen molar-refractivity contribution in [2.75, 3.05) is 26.6 Å². The van der Waals surface area contributed by atoms with Crippen LogP contribution in [0.3, 0.4) is 0 Å². The highest BCUT2D eigenvalue weighted by molar-refractivity contribution is 6.30. The molecule has 1 amide bonds. The Kier molecular flexibility index (Phi) is 6.90. The van der Waals surface area contributed by atoms with Gasteiger partial charge >= 0.3 is 5.97 Å². The van der Waals surface area contributed by atoms with Crippen molar-refractivity contribution in [3.05, 3.63) is 47.0 Å². The van der Waals surface area contributed by atoms with E-state index >= 15 is 0 Å². The lowest BCUT2D eigenvalue weighted by molar-refractivity contribution is -0.123. The van der Waals surface area contributed by atoms with E-state index in [0.717, 1.165) is 0 Å². The first-order valence-electron chi connectivity index (χ1n) is 7.97. The number of rotatable bonds is 7. The molecule has 8 heteroatoms. The van der Waals surface area contributed by atoms with Crippen LogP contribution in [0, 0.1) is 0 Å². The maximum absolute atomic E-state index is 12.5. The van der Waals surface area contributed by atoms with Crippen molar-refractivity contribution in [1.29, 1.82) is 0 Å². The first-order valence-corrected chi connectivity index (χ1v) is 8.35. The number of hydrogen-bond acceptors (Lipinski definition) is 6. The number of esters is 1. The van der Waals surface area contributed by atoms with Crippen molar-refractivity contribution in [2.45, 2.75) is 13.0 Å². The van der Waals surface area contributed by atoms with Crippen LogP contribution in [-0.2, 0) is 9.53 Å². The average Bonchev–Trinajstić information content (AvgIpc) is 2.66. The third-order valence-corrected chi connectivity index (χ3v) is 3.90. The number of benzene rings is 2. The summed E-state index contributed by atoms with van der Waals surface area (Å²) in [7, 11) is 4.29. The number of ether oxygens (including phenoxy) is 4. The zero-order valence-corrected chi connectivity index (χ0v) is 16.1. The van der Waals surface area contributed by atoms with Gasteiger partial charge in [0.05, 0.1) is 21.3 Å². The summed E-state index contributed by atoms with van der Waals surface area (Å²) in [4.78, 5) is 24.8. The fourth-order valence-electron chi connectivity index (χ4n) is 2.35. The second kappa shape index (κ2) is 9.14. The van der Waals surface area contributed by atoms with E-state index in [9.17, 15) is 9.59 Å². The largest absolute Gasteiger partial charge is 0.493 e. The molecule has 0 aliphatic rings. The number of hydrogen-bond donors (Lipinski definition) is 1. The van der Waals surface area contributed by atoms with Crippen LogP contribution >= 0.6 is 11.6 Å². The number of amides is 1. The molecule has 2 aromatic rings. The van der Waals surface area contributed by atoms with Crippen LogP contribution in [0.2, 0.25) is 5.02 Å². The molecular formula is C19H20ClNO6. The van der Waals surface area contributed by atoms with Crippen LogP contribution in [0.25, 0.3) is 0 Å². The molecule has 1 N–H and O–H groups in total. The SMILES string of the molecule is COc1ccc(C(=O)O[C@@H](C)C(=O)Nc2cccc(Cl)c2)c(OC)c1OC. The van der Waals surface area contributed by atoms with E-state index in [2.05, 4.69) is 5.32 Å². The third kappa shape index (κ3) is 4.83. The van der Waals surface area contributed by atoms with Crippen molar-refractivity contribution in [3.63, 3.8) is 0 Å². The molecule has 1 atom stereocenters. The van der Waals surface area contributed by atoms with Gasteiger partial charge in [0.25, 0.3) is 5.91 Å². The Bertz CT molecular complexity index is 839. The molecule has 144 valence electrons. The van der Waals surface area contributed by atoms with E-state index < -0.39 is 18.0 Å². The van der Waals surface area contributed by atoms with Gasteiger partial charge < -0.3 is 24.3 Å². The molecular weight excluding hydrogens is 374 g/mol. The fourth-order valence-corrected chi connectivity index (χ4v) is 2.54. The van der Waals surface area contributed by atoms with Crippen molar-refractivity contribution in [3.8, 4) is 17.2 Å². The van der Waals surface area contributed by atoms with Gasteiger partial charge in [0, 0.05) is 10.7 Å². The van der Waals surface area contributed by atoms with Gasteiger partial charge in [0.1, 0.15) is 5.56 Å². The summed E-state index contributed by atoms with van der Waals surface area (Å²) in [5.41, 5.74) is 0.608. The molecule has 0 saturated carbocycles. The van der Waals surface area contributed by atoms with Crippen LogP contribution in [0.1, 0.15) is 17.3 Å².